The minimum atomic E-state index is -1.16. The molecule has 0 bridgehead atoms. The molecule has 0 spiro atoms. The van der Waals surface area contributed by atoms with Gasteiger partial charge in [-0.15, -0.1) is 0 Å². The monoisotopic (exact) mass is 512 g/mol. The van der Waals surface area contributed by atoms with E-state index in [0.29, 0.717) is 17.8 Å². The van der Waals surface area contributed by atoms with E-state index in [-0.39, 0.29) is 0 Å². The lowest BCUT2D eigenvalue weighted by Crippen LogP contribution is -2.28. The van der Waals surface area contributed by atoms with Gasteiger partial charge in [-0.2, -0.15) is 0 Å². The fourth-order valence-electron chi connectivity index (χ4n) is 5.29. The lowest BCUT2D eigenvalue weighted by molar-refractivity contribution is -0.160. The first-order valence-corrected chi connectivity index (χ1v) is 13.2. The number of nitrogens with zero attached hydrogens (tertiary/aromatic N) is 2. The molecule has 1 unspecified atom stereocenters. The number of rotatable bonds is 6. The van der Waals surface area contributed by atoms with Crippen LogP contribution < -0.4 is 4.74 Å². The number of fused-ring (bicyclic) bond motifs is 2. The summed E-state index contributed by atoms with van der Waals surface area (Å²) >= 11 is 0. The summed E-state index contributed by atoms with van der Waals surface area (Å²) in [6, 6.07) is 14.7. The zero-order valence-electron chi connectivity index (χ0n) is 23.1. The van der Waals surface area contributed by atoms with Gasteiger partial charge in [0.05, 0.1) is 12.2 Å². The van der Waals surface area contributed by atoms with Gasteiger partial charge in [-0.1, -0.05) is 24.3 Å². The number of carbonyl (C=O) groups is 1. The predicted octanol–water partition coefficient (Wildman–Crippen LogP) is 6.94. The highest BCUT2D eigenvalue weighted by Crippen LogP contribution is 2.41. The number of aryl methyl sites for hydroxylation is 4. The van der Waals surface area contributed by atoms with Gasteiger partial charge in [0.15, 0.2) is 6.10 Å². The molecule has 6 heteroatoms. The molecule has 0 amide bonds. The van der Waals surface area contributed by atoms with Gasteiger partial charge in [-0.05, 0) is 100 Å². The van der Waals surface area contributed by atoms with Crippen LogP contribution in [0.5, 0.6) is 5.75 Å². The number of pyridine rings is 1. The lowest BCUT2D eigenvalue weighted by Gasteiger charge is -2.28. The van der Waals surface area contributed by atoms with Crippen molar-refractivity contribution in [3.05, 3.63) is 82.2 Å². The predicted molar refractivity (Wildman–Crippen MR) is 150 cm³/mol. The molecule has 1 N–H and O–H groups in total. The third-order valence-electron chi connectivity index (χ3n) is 7.22. The molecule has 5 rings (SSSR count). The van der Waals surface area contributed by atoms with Crippen molar-refractivity contribution in [1.82, 2.24) is 9.55 Å². The second kappa shape index (κ2) is 9.91. The second-order valence-corrected chi connectivity index (χ2v) is 11.3. The Bertz CT molecular complexity index is 1530. The van der Waals surface area contributed by atoms with Crippen LogP contribution in [0, 0.1) is 20.8 Å². The minimum Gasteiger partial charge on any atom is -0.493 e. The molecule has 6 nitrogen and oxygen atoms in total. The Labute approximate surface area is 224 Å². The van der Waals surface area contributed by atoms with Gasteiger partial charge in [0, 0.05) is 34.9 Å². The summed E-state index contributed by atoms with van der Waals surface area (Å²) in [5.41, 5.74) is 8.09. The SMILES string of the molecule is Cc1ccc(Cn2ccc3c(-c4ccc5c(c4)CCCO5)c(C(OC(C)(C)C)C(=O)O)c(C)nc32)cc1C. The summed E-state index contributed by atoms with van der Waals surface area (Å²) in [7, 11) is 0. The summed E-state index contributed by atoms with van der Waals surface area (Å²) in [5, 5.41) is 11.2. The summed E-state index contributed by atoms with van der Waals surface area (Å²) in [4.78, 5) is 17.6. The van der Waals surface area contributed by atoms with Crippen LogP contribution in [-0.2, 0) is 22.5 Å². The third-order valence-corrected chi connectivity index (χ3v) is 7.22. The molecule has 1 atom stereocenters. The van der Waals surface area contributed by atoms with Gasteiger partial charge >= 0.3 is 5.97 Å². The van der Waals surface area contributed by atoms with Crippen LogP contribution in [0.2, 0.25) is 0 Å². The maximum atomic E-state index is 12.6. The van der Waals surface area contributed by atoms with Gasteiger partial charge in [0.25, 0.3) is 0 Å². The summed E-state index contributed by atoms with van der Waals surface area (Å²) < 4.78 is 14.1. The topological polar surface area (TPSA) is 73.6 Å². The molecule has 2 aromatic carbocycles. The highest BCUT2D eigenvalue weighted by atomic mass is 16.5. The Morgan fingerprint density at radius 3 is 2.61 bits per heavy atom. The quantitative estimate of drug-likeness (QED) is 0.303. The third kappa shape index (κ3) is 5.05. The molecule has 4 aromatic rings. The number of carboxylic acid groups (broad SMARTS) is 1. The van der Waals surface area contributed by atoms with Gasteiger partial charge in [0.1, 0.15) is 11.4 Å². The molecule has 1 aliphatic heterocycles. The first kappa shape index (κ1) is 26.0. The van der Waals surface area contributed by atoms with Crippen LogP contribution in [0.25, 0.3) is 22.2 Å². The molecule has 0 saturated heterocycles. The van der Waals surface area contributed by atoms with Crippen molar-refractivity contribution in [3.8, 4) is 16.9 Å². The Balaban J connectivity index is 1.73. The van der Waals surface area contributed by atoms with Crippen molar-refractivity contribution < 1.29 is 19.4 Å². The molecule has 38 heavy (non-hydrogen) atoms. The van der Waals surface area contributed by atoms with Crippen molar-refractivity contribution in [3.63, 3.8) is 0 Å². The number of benzene rings is 2. The second-order valence-electron chi connectivity index (χ2n) is 11.3. The summed E-state index contributed by atoms with van der Waals surface area (Å²) in [5.74, 6) is -0.127. The number of carboxylic acids is 1. The van der Waals surface area contributed by atoms with E-state index in [2.05, 4.69) is 42.7 Å². The molecular formula is C32H36N2O4. The summed E-state index contributed by atoms with van der Waals surface area (Å²) in [6.07, 6.45) is 2.78. The van der Waals surface area contributed by atoms with Crippen LogP contribution in [0.15, 0.2) is 48.7 Å². The largest absolute Gasteiger partial charge is 0.493 e. The zero-order valence-corrected chi connectivity index (χ0v) is 23.1. The first-order chi connectivity index (χ1) is 18.0. The van der Waals surface area contributed by atoms with E-state index in [1.807, 2.05) is 52.1 Å². The number of hydrogen-bond acceptors (Lipinski definition) is 4. The van der Waals surface area contributed by atoms with Crippen molar-refractivity contribution in [2.45, 2.75) is 72.6 Å². The molecular weight excluding hydrogens is 476 g/mol. The van der Waals surface area contributed by atoms with Gasteiger partial charge in [-0.3, -0.25) is 0 Å². The first-order valence-electron chi connectivity index (χ1n) is 13.2. The molecule has 0 fully saturated rings. The van der Waals surface area contributed by atoms with Crippen molar-refractivity contribution in [1.29, 1.82) is 0 Å². The van der Waals surface area contributed by atoms with Gasteiger partial charge in [-0.25, -0.2) is 9.78 Å². The normalized spacial score (nSPS) is 14.3. The number of hydrogen-bond donors (Lipinski definition) is 1. The summed E-state index contributed by atoms with van der Waals surface area (Å²) in [6.45, 7) is 13.1. The number of aromatic nitrogens is 2. The van der Waals surface area contributed by atoms with Crippen LogP contribution in [-0.4, -0.2) is 32.8 Å². The molecule has 3 heterocycles. The number of ether oxygens (including phenoxy) is 2. The molecule has 198 valence electrons. The van der Waals surface area contributed by atoms with E-state index < -0.39 is 17.7 Å². The van der Waals surface area contributed by atoms with Crippen LogP contribution in [0.1, 0.15) is 66.8 Å². The van der Waals surface area contributed by atoms with Crippen LogP contribution >= 0.6 is 0 Å². The van der Waals surface area contributed by atoms with E-state index in [0.717, 1.165) is 52.9 Å². The fourth-order valence-corrected chi connectivity index (χ4v) is 5.29. The van der Waals surface area contributed by atoms with E-state index in [9.17, 15) is 9.90 Å². The highest BCUT2D eigenvalue weighted by Gasteiger charge is 2.33. The molecule has 0 aliphatic carbocycles. The smallest absolute Gasteiger partial charge is 0.337 e. The Kier molecular flexibility index (Phi) is 6.78. The van der Waals surface area contributed by atoms with Crippen molar-refractivity contribution >= 4 is 17.0 Å². The Hall–Kier alpha value is -3.64. The average molecular weight is 513 g/mol. The van der Waals surface area contributed by atoms with E-state index >= 15 is 0 Å². The maximum Gasteiger partial charge on any atom is 0.337 e. The van der Waals surface area contributed by atoms with Crippen molar-refractivity contribution in [2.24, 2.45) is 0 Å². The fraction of sp³-hybridized carbons (Fsp3) is 0.375. The Morgan fingerprint density at radius 1 is 1.11 bits per heavy atom. The van der Waals surface area contributed by atoms with Gasteiger partial charge in [0.2, 0.25) is 0 Å². The Morgan fingerprint density at radius 2 is 1.89 bits per heavy atom. The standard InChI is InChI=1S/C32H36N2O4/c1-19-9-10-22(16-20(19)2)18-34-14-13-25-28(24-11-12-26-23(17-24)8-7-15-37-26)27(21(3)33-30(25)34)29(31(35)36)38-32(4,5)6/h9-14,16-17,29H,7-8,15,18H2,1-6H3,(H,35,36). The molecule has 1 aliphatic rings. The van der Waals surface area contributed by atoms with Crippen molar-refractivity contribution in [2.75, 3.05) is 6.61 Å². The van der Waals surface area contributed by atoms with Crippen LogP contribution in [0.4, 0.5) is 0 Å². The molecule has 2 aromatic heterocycles. The number of aliphatic carboxylic acids is 1. The zero-order chi connectivity index (χ0) is 27.2. The highest BCUT2D eigenvalue weighted by molar-refractivity contribution is 5.98. The van der Waals surface area contributed by atoms with E-state index in [1.54, 1.807) is 0 Å². The minimum absolute atomic E-state index is 0.598. The van der Waals surface area contributed by atoms with Gasteiger partial charge < -0.3 is 19.1 Å². The molecule has 0 saturated carbocycles. The average Bonchev–Trinajstić information content (AvgIpc) is 3.25. The van der Waals surface area contributed by atoms with Crippen LogP contribution in [0.3, 0.4) is 0 Å². The van der Waals surface area contributed by atoms with E-state index in [1.165, 1.54) is 16.7 Å². The molecule has 0 radical (unpaired) electrons. The van der Waals surface area contributed by atoms with E-state index in [4.69, 9.17) is 14.5 Å². The maximum absolute atomic E-state index is 12.6. The lowest BCUT2D eigenvalue weighted by atomic mass is 9.90.